The zero-order chi connectivity index (χ0) is 13.1. The minimum atomic E-state index is 0.689. The Bertz CT molecular complexity index is 643. The summed E-state index contributed by atoms with van der Waals surface area (Å²) in [7, 11) is 0. The Labute approximate surface area is 114 Å². The number of hydrogen-bond acceptors (Lipinski definition) is 6. The zero-order valence-corrected chi connectivity index (χ0v) is 11.4. The van der Waals surface area contributed by atoms with Crippen LogP contribution in [0.15, 0.2) is 28.8 Å². The zero-order valence-electron chi connectivity index (χ0n) is 10.6. The van der Waals surface area contributed by atoms with Crippen LogP contribution in [0.1, 0.15) is 18.1 Å². The molecule has 0 saturated heterocycles. The van der Waals surface area contributed by atoms with E-state index >= 15 is 0 Å². The number of para-hydroxylation sites is 1. The predicted octanol–water partition coefficient (Wildman–Crippen LogP) is 3.03. The first kappa shape index (κ1) is 12.1. The molecule has 0 saturated carbocycles. The number of aryl methyl sites for hydroxylation is 2. The molecule has 3 rings (SSSR count). The molecule has 0 aliphatic carbocycles. The fraction of sp³-hybridized carbons (Fsp3) is 0.308. The minimum Gasteiger partial charge on any atom is -0.361 e. The Morgan fingerprint density at radius 2 is 2.16 bits per heavy atom. The first-order valence-corrected chi connectivity index (χ1v) is 7.01. The van der Waals surface area contributed by atoms with Gasteiger partial charge in [0.05, 0.1) is 10.2 Å². The summed E-state index contributed by atoms with van der Waals surface area (Å²) in [5.41, 5.74) is 1.04. The van der Waals surface area contributed by atoms with Crippen LogP contribution in [-0.4, -0.2) is 21.7 Å². The van der Waals surface area contributed by atoms with Crippen molar-refractivity contribution in [3.63, 3.8) is 0 Å². The normalized spacial score (nSPS) is 11.0. The van der Waals surface area contributed by atoms with Crippen molar-refractivity contribution in [2.45, 2.75) is 19.8 Å². The molecule has 5 nitrogen and oxygen atoms in total. The number of benzene rings is 1. The molecule has 1 N–H and O–H groups in total. The average molecular weight is 274 g/mol. The van der Waals surface area contributed by atoms with Gasteiger partial charge in [-0.05, 0) is 25.5 Å². The van der Waals surface area contributed by atoms with Crippen LogP contribution < -0.4 is 5.32 Å². The van der Waals surface area contributed by atoms with Crippen LogP contribution in [0.2, 0.25) is 0 Å². The van der Waals surface area contributed by atoms with Crippen molar-refractivity contribution in [1.82, 2.24) is 15.1 Å². The molecule has 98 valence electrons. The standard InChI is InChI=1S/C13H14N4OS/c1-9-15-12(18-17-9)7-4-8-14-13-16-10-5-2-3-6-11(10)19-13/h2-3,5-6H,4,7-8H2,1H3,(H,14,16). The fourth-order valence-corrected chi connectivity index (χ4v) is 2.72. The lowest BCUT2D eigenvalue weighted by Gasteiger charge is -1.99. The molecular weight excluding hydrogens is 260 g/mol. The van der Waals surface area contributed by atoms with E-state index in [2.05, 4.69) is 26.5 Å². The average Bonchev–Trinajstić information content (AvgIpc) is 3.00. The topological polar surface area (TPSA) is 63.8 Å². The molecule has 1 aromatic carbocycles. The number of hydrogen-bond donors (Lipinski definition) is 1. The summed E-state index contributed by atoms with van der Waals surface area (Å²) in [6.45, 7) is 2.67. The number of thiazole rings is 1. The van der Waals surface area contributed by atoms with Gasteiger partial charge in [-0.15, -0.1) is 0 Å². The molecule has 19 heavy (non-hydrogen) atoms. The maximum Gasteiger partial charge on any atom is 0.226 e. The van der Waals surface area contributed by atoms with Crippen molar-refractivity contribution in [1.29, 1.82) is 0 Å². The lowest BCUT2D eigenvalue weighted by Crippen LogP contribution is -2.02. The molecule has 0 unspecified atom stereocenters. The number of anilines is 1. The van der Waals surface area contributed by atoms with Crippen molar-refractivity contribution in [3.05, 3.63) is 36.0 Å². The van der Waals surface area contributed by atoms with Gasteiger partial charge in [0, 0.05) is 13.0 Å². The third-order valence-electron chi connectivity index (χ3n) is 2.71. The second-order valence-corrected chi connectivity index (χ2v) is 5.28. The number of rotatable bonds is 5. The molecule has 0 radical (unpaired) electrons. The molecule has 2 heterocycles. The van der Waals surface area contributed by atoms with Gasteiger partial charge < -0.3 is 9.84 Å². The van der Waals surface area contributed by atoms with E-state index in [-0.39, 0.29) is 0 Å². The highest BCUT2D eigenvalue weighted by atomic mass is 32.1. The van der Waals surface area contributed by atoms with E-state index in [9.17, 15) is 0 Å². The van der Waals surface area contributed by atoms with Crippen molar-refractivity contribution in [3.8, 4) is 0 Å². The summed E-state index contributed by atoms with van der Waals surface area (Å²) in [5.74, 6) is 1.39. The van der Waals surface area contributed by atoms with Crippen LogP contribution in [0.4, 0.5) is 5.13 Å². The molecule has 0 amide bonds. The van der Waals surface area contributed by atoms with E-state index < -0.39 is 0 Å². The summed E-state index contributed by atoms with van der Waals surface area (Å²) in [4.78, 5) is 8.69. The molecule has 0 atom stereocenters. The maximum atomic E-state index is 5.06. The van der Waals surface area contributed by atoms with Gasteiger partial charge >= 0.3 is 0 Å². The number of aromatic nitrogens is 3. The van der Waals surface area contributed by atoms with Gasteiger partial charge in [-0.25, -0.2) is 4.98 Å². The van der Waals surface area contributed by atoms with Gasteiger partial charge in [0.15, 0.2) is 11.0 Å². The Morgan fingerprint density at radius 1 is 1.26 bits per heavy atom. The summed E-state index contributed by atoms with van der Waals surface area (Å²) in [6, 6.07) is 8.14. The molecule has 2 aromatic heterocycles. The predicted molar refractivity (Wildman–Crippen MR) is 75.5 cm³/mol. The van der Waals surface area contributed by atoms with Crippen LogP contribution >= 0.6 is 11.3 Å². The molecule has 0 bridgehead atoms. The second kappa shape index (κ2) is 5.36. The van der Waals surface area contributed by atoms with Crippen LogP contribution in [0, 0.1) is 6.92 Å². The lowest BCUT2D eigenvalue weighted by molar-refractivity contribution is 0.373. The monoisotopic (exact) mass is 274 g/mol. The van der Waals surface area contributed by atoms with Crippen LogP contribution in [0.25, 0.3) is 10.2 Å². The highest BCUT2D eigenvalue weighted by Gasteiger charge is 2.04. The number of fused-ring (bicyclic) bond motifs is 1. The lowest BCUT2D eigenvalue weighted by atomic mass is 10.3. The number of nitrogens with one attached hydrogen (secondary N) is 1. The Morgan fingerprint density at radius 3 is 2.95 bits per heavy atom. The molecule has 0 fully saturated rings. The molecule has 0 spiro atoms. The van der Waals surface area contributed by atoms with Gasteiger partial charge in [-0.2, -0.15) is 4.98 Å². The van der Waals surface area contributed by atoms with E-state index in [1.165, 1.54) is 4.70 Å². The SMILES string of the molecule is Cc1noc(CCCNc2nc3ccccc3s2)n1. The van der Waals surface area contributed by atoms with Crippen molar-refractivity contribution < 1.29 is 4.52 Å². The van der Waals surface area contributed by atoms with Crippen molar-refractivity contribution >= 4 is 26.7 Å². The van der Waals surface area contributed by atoms with E-state index in [0.717, 1.165) is 30.0 Å². The van der Waals surface area contributed by atoms with Gasteiger partial charge in [-0.3, -0.25) is 0 Å². The van der Waals surface area contributed by atoms with E-state index in [1.807, 2.05) is 25.1 Å². The van der Waals surface area contributed by atoms with Gasteiger partial charge in [-0.1, -0.05) is 28.6 Å². The van der Waals surface area contributed by atoms with Crippen LogP contribution in [0.3, 0.4) is 0 Å². The molecule has 0 aliphatic rings. The highest BCUT2D eigenvalue weighted by molar-refractivity contribution is 7.22. The minimum absolute atomic E-state index is 0.689. The second-order valence-electron chi connectivity index (χ2n) is 4.25. The third-order valence-corrected chi connectivity index (χ3v) is 3.70. The first-order chi connectivity index (χ1) is 9.31. The summed E-state index contributed by atoms with van der Waals surface area (Å²) in [6.07, 6.45) is 1.73. The first-order valence-electron chi connectivity index (χ1n) is 6.20. The summed E-state index contributed by atoms with van der Waals surface area (Å²) < 4.78 is 6.27. The maximum absolute atomic E-state index is 5.06. The van der Waals surface area contributed by atoms with Crippen molar-refractivity contribution in [2.75, 3.05) is 11.9 Å². The van der Waals surface area contributed by atoms with Gasteiger partial charge in [0.25, 0.3) is 0 Å². The molecular formula is C13H14N4OS. The molecule has 3 aromatic rings. The van der Waals surface area contributed by atoms with Crippen LogP contribution in [0.5, 0.6) is 0 Å². The molecule has 6 heteroatoms. The Kier molecular flexibility index (Phi) is 3.41. The van der Waals surface area contributed by atoms with E-state index in [0.29, 0.717) is 11.7 Å². The van der Waals surface area contributed by atoms with Crippen LogP contribution in [-0.2, 0) is 6.42 Å². The summed E-state index contributed by atoms with van der Waals surface area (Å²) >= 11 is 1.67. The van der Waals surface area contributed by atoms with E-state index in [4.69, 9.17) is 4.52 Å². The van der Waals surface area contributed by atoms with Gasteiger partial charge in [0.1, 0.15) is 0 Å². The van der Waals surface area contributed by atoms with Gasteiger partial charge in [0.2, 0.25) is 5.89 Å². The largest absolute Gasteiger partial charge is 0.361 e. The highest BCUT2D eigenvalue weighted by Crippen LogP contribution is 2.25. The van der Waals surface area contributed by atoms with Crippen molar-refractivity contribution in [2.24, 2.45) is 0 Å². The number of nitrogens with zero attached hydrogens (tertiary/aromatic N) is 3. The summed E-state index contributed by atoms with van der Waals surface area (Å²) in [5, 5.41) is 8.06. The Balaban J connectivity index is 1.52. The quantitative estimate of drug-likeness (QED) is 0.724. The molecule has 0 aliphatic heterocycles. The fourth-order valence-electron chi connectivity index (χ4n) is 1.82. The van der Waals surface area contributed by atoms with E-state index in [1.54, 1.807) is 11.3 Å². The smallest absolute Gasteiger partial charge is 0.226 e. The Hall–Kier alpha value is -1.95. The third kappa shape index (κ3) is 2.90.